The molecule has 1 rings (SSSR count). The first kappa shape index (κ1) is 18.5. The lowest BCUT2D eigenvalue weighted by atomic mass is 10.0. The molecule has 7 nitrogen and oxygen atoms in total. The Morgan fingerprint density at radius 1 is 1.13 bits per heavy atom. The lowest BCUT2D eigenvalue weighted by Gasteiger charge is -2.21. The normalized spacial score (nSPS) is 11.5. The number of alkyl carbamates (subject to hydrolysis) is 1. The molecule has 1 aromatic carbocycles. The zero-order valence-corrected chi connectivity index (χ0v) is 13.6. The Labute approximate surface area is 135 Å². The van der Waals surface area contributed by atoms with Crippen LogP contribution in [0.5, 0.6) is 0 Å². The fraction of sp³-hybridized carbons (Fsp3) is 0.438. The van der Waals surface area contributed by atoms with Gasteiger partial charge in [-0.05, 0) is 11.5 Å². The van der Waals surface area contributed by atoms with Crippen LogP contribution in [0.1, 0.15) is 19.4 Å². The largest absolute Gasteiger partial charge is 0.445 e. The molecule has 0 saturated heterocycles. The zero-order chi connectivity index (χ0) is 17.2. The fourth-order valence-corrected chi connectivity index (χ4v) is 1.79. The maximum atomic E-state index is 12.1. The third-order valence-corrected chi connectivity index (χ3v) is 3.14. The quantitative estimate of drug-likeness (QED) is 0.692. The molecular formula is C16H23N3O4. The number of likely N-dealkylation sites (N-methyl/N-ethyl adjacent to an activating group) is 1. The van der Waals surface area contributed by atoms with E-state index < -0.39 is 18.0 Å². The van der Waals surface area contributed by atoms with Crippen molar-refractivity contribution < 1.29 is 19.1 Å². The average Bonchev–Trinajstić information content (AvgIpc) is 2.55. The van der Waals surface area contributed by atoms with Gasteiger partial charge in [0, 0.05) is 7.05 Å². The number of hydrogen-bond donors (Lipinski definition) is 3. The van der Waals surface area contributed by atoms with Gasteiger partial charge < -0.3 is 20.7 Å². The van der Waals surface area contributed by atoms with E-state index in [0.717, 1.165) is 5.56 Å². The Bertz CT molecular complexity index is 531. The van der Waals surface area contributed by atoms with Crippen molar-refractivity contribution >= 4 is 17.9 Å². The van der Waals surface area contributed by atoms with Crippen LogP contribution in [-0.2, 0) is 20.9 Å². The lowest BCUT2D eigenvalue weighted by Crippen LogP contribution is -2.51. The summed E-state index contributed by atoms with van der Waals surface area (Å²) < 4.78 is 5.10. The Hall–Kier alpha value is -2.57. The maximum absolute atomic E-state index is 12.1. The highest BCUT2D eigenvalue weighted by atomic mass is 16.5. The van der Waals surface area contributed by atoms with E-state index in [-0.39, 0.29) is 25.0 Å². The molecule has 0 radical (unpaired) electrons. The highest BCUT2D eigenvalue weighted by molar-refractivity contribution is 5.89. The van der Waals surface area contributed by atoms with Crippen LogP contribution in [0.15, 0.2) is 30.3 Å². The first-order valence-electron chi connectivity index (χ1n) is 7.39. The van der Waals surface area contributed by atoms with Crippen LogP contribution >= 0.6 is 0 Å². The van der Waals surface area contributed by atoms with Gasteiger partial charge in [-0.25, -0.2) is 4.79 Å². The second-order valence-corrected chi connectivity index (χ2v) is 5.32. The van der Waals surface area contributed by atoms with E-state index in [4.69, 9.17) is 4.74 Å². The van der Waals surface area contributed by atoms with Crippen molar-refractivity contribution in [2.24, 2.45) is 5.92 Å². The van der Waals surface area contributed by atoms with Crippen LogP contribution in [0.4, 0.5) is 4.79 Å². The van der Waals surface area contributed by atoms with E-state index in [0.29, 0.717) is 0 Å². The minimum Gasteiger partial charge on any atom is -0.445 e. The van der Waals surface area contributed by atoms with E-state index in [1.165, 1.54) is 7.05 Å². The minimum absolute atomic E-state index is 0.122. The van der Waals surface area contributed by atoms with Gasteiger partial charge in [0.25, 0.3) is 0 Å². The average molecular weight is 321 g/mol. The van der Waals surface area contributed by atoms with Crippen molar-refractivity contribution in [3.63, 3.8) is 0 Å². The SMILES string of the molecule is CNC(=O)CNC(=O)[C@H](NC(=O)OCc1ccccc1)C(C)C. The molecule has 0 fully saturated rings. The highest BCUT2D eigenvalue weighted by Crippen LogP contribution is 2.04. The Morgan fingerprint density at radius 3 is 2.35 bits per heavy atom. The molecule has 0 spiro atoms. The minimum atomic E-state index is -0.775. The van der Waals surface area contributed by atoms with Crippen LogP contribution < -0.4 is 16.0 Å². The van der Waals surface area contributed by atoms with Gasteiger partial charge in [0.05, 0.1) is 6.54 Å². The number of carbonyl (C=O) groups is 3. The summed E-state index contributed by atoms with van der Waals surface area (Å²) in [6.45, 7) is 3.57. The molecule has 0 aliphatic rings. The molecule has 0 unspecified atom stereocenters. The summed E-state index contributed by atoms with van der Waals surface area (Å²) >= 11 is 0. The molecule has 0 saturated carbocycles. The Balaban J connectivity index is 2.49. The molecule has 1 aromatic rings. The summed E-state index contributed by atoms with van der Waals surface area (Å²) in [7, 11) is 1.48. The van der Waals surface area contributed by atoms with Gasteiger partial charge in [-0.2, -0.15) is 0 Å². The molecule has 0 aliphatic heterocycles. The molecule has 0 aromatic heterocycles. The molecule has 0 heterocycles. The first-order valence-corrected chi connectivity index (χ1v) is 7.39. The van der Waals surface area contributed by atoms with E-state index >= 15 is 0 Å². The monoisotopic (exact) mass is 321 g/mol. The van der Waals surface area contributed by atoms with Crippen LogP contribution in [0.25, 0.3) is 0 Å². The van der Waals surface area contributed by atoms with Gasteiger partial charge >= 0.3 is 6.09 Å². The van der Waals surface area contributed by atoms with Crippen LogP contribution in [0, 0.1) is 5.92 Å². The number of ether oxygens (including phenoxy) is 1. The van der Waals surface area contributed by atoms with Crippen molar-refractivity contribution in [1.29, 1.82) is 0 Å². The second kappa shape index (κ2) is 9.45. The summed E-state index contributed by atoms with van der Waals surface area (Å²) in [6.07, 6.45) is -0.678. The molecule has 7 heteroatoms. The summed E-state index contributed by atoms with van der Waals surface area (Å²) in [5.41, 5.74) is 0.854. The van der Waals surface area contributed by atoms with E-state index in [9.17, 15) is 14.4 Å². The molecule has 0 aliphatic carbocycles. The molecular weight excluding hydrogens is 298 g/mol. The third kappa shape index (κ3) is 6.82. The van der Waals surface area contributed by atoms with Crippen molar-refractivity contribution in [2.75, 3.05) is 13.6 Å². The maximum Gasteiger partial charge on any atom is 0.408 e. The number of rotatable bonds is 7. The summed E-state index contributed by atoms with van der Waals surface area (Å²) in [4.78, 5) is 35.0. The van der Waals surface area contributed by atoms with Gasteiger partial charge in [-0.15, -0.1) is 0 Å². The Morgan fingerprint density at radius 2 is 1.78 bits per heavy atom. The van der Waals surface area contributed by atoms with E-state index in [1.807, 2.05) is 30.3 Å². The molecule has 3 N–H and O–H groups in total. The van der Waals surface area contributed by atoms with Crippen molar-refractivity contribution in [2.45, 2.75) is 26.5 Å². The van der Waals surface area contributed by atoms with Crippen molar-refractivity contribution in [3.05, 3.63) is 35.9 Å². The van der Waals surface area contributed by atoms with E-state index in [2.05, 4.69) is 16.0 Å². The van der Waals surface area contributed by atoms with Crippen LogP contribution in [0.3, 0.4) is 0 Å². The standard InChI is InChI=1S/C16H23N3O4/c1-11(2)14(15(21)18-9-13(20)17-3)19-16(22)23-10-12-7-5-4-6-8-12/h4-8,11,14H,9-10H2,1-3H3,(H,17,20)(H,18,21)(H,19,22)/t14-/m1/s1. The molecule has 3 amide bonds. The van der Waals surface area contributed by atoms with Gasteiger partial charge in [0.2, 0.25) is 11.8 Å². The Kier molecular flexibility index (Phi) is 7.59. The molecule has 1 atom stereocenters. The van der Waals surface area contributed by atoms with Gasteiger partial charge in [-0.3, -0.25) is 9.59 Å². The smallest absolute Gasteiger partial charge is 0.408 e. The van der Waals surface area contributed by atoms with Gasteiger partial charge in [0.1, 0.15) is 12.6 Å². The number of amides is 3. The lowest BCUT2D eigenvalue weighted by molar-refractivity contribution is -0.127. The van der Waals surface area contributed by atoms with Gasteiger partial charge in [0.15, 0.2) is 0 Å². The van der Waals surface area contributed by atoms with E-state index in [1.54, 1.807) is 13.8 Å². The first-order chi connectivity index (χ1) is 10.9. The number of nitrogens with one attached hydrogen (secondary N) is 3. The summed E-state index contributed by atoms with van der Waals surface area (Å²) in [5.74, 6) is -0.892. The fourth-order valence-electron chi connectivity index (χ4n) is 1.79. The van der Waals surface area contributed by atoms with Gasteiger partial charge in [-0.1, -0.05) is 44.2 Å². The third-order valence-electron chi connectivity index (χ3n) is 3.14. The molecule has 23 heavy (non-hydrogen) atoms. The summed E-state index contributed by atoms with van der Waals surface area (Å²) in [5, 5.41) is 7.40. The van der Waals surface area contributed by atoms with Crippen molar-refractivity contribution in [1.82, 2.24) is 16.0 Å². The number of benzene rings is 1. The topological polar surface area (TPSA) is 96.5 Å². The van der Waals surface area contributed by atoms with Crippen LogP contribution in [0.2, 0.25) is 0 Å². The molecule has 126 valence electrons. The summed E-state index contributed by atoms with van der Waals surface area (Å²) in [6, 6.07) is 8.46. The predicted molar refractivity (Wildman–Crippen MR) is 85.5 cm³/mol. The zero-order valence-electron chi connectivity index (χ0n) is 13.6. The van der Waals surface area contributed by atoms with Crippen LogP contribution in [-0.4, -0.2) is 37.5 Å². The number of carbonyl (C=O) groups excluding carboxylic acids is 3. The predicted octanol–water partition coefficient (Wildman–Crippen LogP) is 0.800. The second-order valence-electron chi connectivity index (χ2n) is 5.32. The van der Waals surface area contributed by atoms with Crippen molar-refractivity contribution in [3.8, 4) is 0 Å². The number of hydrogen-bond acceptors (Lipinski definition) is 4. The highest BCUT2D eigenvalue weighted by Gasteiger charge is 2.25. The molecule has 0 bridgehead atoms.